The van der Waals surface area contributed by atoms with Gasteiger partial charge in [0.2, 0.25) is 5.91 Å². The number of methoxy groups -OCH3 is 1. The number of hydrogen-bond acceptors (Lipinski definition) is 6. The summed E-state index contributed by atoms with van der Waals surface area (Å²) in [6.45, 7) is 6.28. The topological polar surface area (TPSA) is 115 Å². The van der Waals surface area contributed by atoms with Crippen LogP contribution < -0.4 is 15.4 Å². The maximum Gasteiger partial charge on any atom is 0.271 e. The van der Waals surface area contributed by atoms with Gasteiger partial charge in [-0.1, -0.05) is 18.2 Å². The van der Waals surface area contributed by atoms with Gasteiger partial charge in [0.05, 0.1) is 35.5 Å². The Kier molecular flexibility index (Phi) is 8.21. The summed E-state index contributed by atoms with van der Waals surface area (Å²) in [7, 11) is 1.54. The summed E-state index contributed by atoms with van der Waals surface area (Å²) < 4.78 is 7.55. The van der Waals surface area contributed by atoms with Crippen LogP contribution in [-0.4, -0.2) is 44.0 Å². The second kappa shape index (κ2) is 12.0. The van der Waals surface area contributed by atoms with Crippen molar-refractivity contribution in [3.05, 3.63) is 111 Å². The Labute approximate surface area is 249 Å². The Morgan fingerprint density at radius 3 is 2.62 bits per heavy atom. The summed E-state index contributed by atoms with van der Waals surface area (Å²) in [6.07, 6.45) is 1.96. The van der Waals surface area contributed by atoms with Crippen LogP contribution in [0.1, 0.15) is 46.7 Å². The van der Waals surface area contributed by atoms with E-state index >= 15 is 0 Å². The van der Waals surface area contributed by atoms with Crippen molar-refractivity contribution in [3.8, 4) is 11.4 Å². The van der Waals surface area contributed by atoms with Gasteiger partial charge in [0.1, 0.15) is 5.75 Å². The van der Waals surface area contributed by atoms with Gasteiger partial charge in [0.15, 0.2) is 5.11 Å². The SMILES string of the molecule is COc1ccc([N+](=O)[O-])cc1-n1c(C)cc([C@@H]2[C@@H](c3ccccn3)NC(=S)N2CCC(=O)Nc2cccc(C)c2)c1C. The van der Waals surface area contributed by atoms with Crippen LogP contribution in [0.2, 0.25) is 0 Å². The van der Waals surface area contributed by atoms with Gasteiger partial charge < -0.3 is 24.8 Å². The normalized spacial score (nSPS) is 16.3. The Morgan fingerprint density at radius 1 is 1.12 bits per heavy atom. The van der Waals surface area contributed by atoms with Crippen molar-refractivity contribution in [1.29, 1.82) is 0 Å². The summed E-state index contributed by atoms with van der Waals surface area (Å²) in [6, 6.07) is 19.5. The minimum Gasteiger partial charge on any atom is -0.495 e. The minimum atomic E-state index is -0.419. The number of hydrogen-bond donors (Lipinski definition) is 2. The summed E-state index contributed by atoms with van der Waals surface area (Å²) >= 11 is 5.81. The molecule has 0 aliphatic carbocycles. The average Bonchev–Trinajstić information content (AvgIpc) is 3.45. The number of ether oxygens (including phenoxy) is 1. The second-order valence-corrected chi connectivity index (χ2v) is 10.6. The molecule has 42 heavy (non-hydrogen) atoms. The lowest BCUT2D eigenvalue weighted by atomic mass is 9.96. The van der Waals surface area contributed by atoms with Crippen molar-refractivity contribution in [2.45, 2.75) is 39.3 Å². The Morgan fingerprint density at radius 2 is 1.93 bits per heavy atom. The van der Waals surface area contributed by atoms with Crippen LogP contribution in [0.15, 0.2) is 72.9 Å². The molecule has 3 heterocycles. The number of aryl methyl sites for hydroxylation is 2. The van der Waals surface area contributed by atoms with Crippen molar-refractivity contribution in [2.75, 3.05) is 19.0 Å². The van der Waals surface area contributed by atoms with Crippen LogP contribution in [0.3, 0.4) is 0 Å². The monoisotopic (exact) mass is 584 g/mol. The number of amides is 1. The number of carbonyl (C=O) groups is 1. The molecule has 4 aromatic rings. The van der Waals surface area contributed by atoms with E-state index in [-0.39, 0.29) is 30.1 Å². The highest BCUT2D eigenvalue weighted by Crippen LogP contribution is 2.42. The first-order valence-corrected chi connectivity index (χ1v) is 13.9. The molecular weight excluding hydrogens is 552 g/mol. The lowest BCUT2D eigenvalue weighted by Crippen LogP contribution is -2.32. The van der Waals surface area contributed by atoms with Gasteiger partial charge in [-0.25, -0.2) is 0 Å². The van der Waals surface area contributed by atoms with Gasteiger partial charge in [-0.15, -0.1) is 0 Å². The van der Waals surface area contributed by atoms with E-state index in [0.29, 0.717) is 23.1 Å². The second-order valence-electron chi connectivity index (χ2n) is 10.3. The number of rotatable bonds is 9. The smallest absolute Gasteiger partial charge is 0.271 e. The number of anilines is 1. The maximum absolute atomic E-state index is 13.0. The van der Waals surface area contributed by atoms with Gasteiger partial charge in [-0.05, 0) is 80.5 Å². The average molecular weight is 585 g/mol. The van der Waals surface area contributed by atoms with E-state index < -0.39 is 4.92 Å². The number of benzene rings is 2. The number of nitrogens with one attached hydrogen (secondary N) is 2. The Hall–Kier alpha value is -4.77. The number of non-ortho nitro benzene ring substituents is 1. The Bertz CT molecular complexity index is 1650. The van der Waals surface area contributed by atoms with Crippen molar-refractivity contribution in [3.63, 3.8) is 0 Å². The maximum atomic E-state index is 13.0. The summed E-state index contributed by atoms with van der Waals surface area (Å²) in [4.78, 5) is 30.8. The summed E-state index contributed by atoms with van der Waals surface area (Å²) in [5.41, 5.74) is 5.87. The van der Waals surface area contributed by atoms with E-state index in [9.17, 15) is 14.9 Å². The van der Waals surface area contributed by atoms with Gasteiger partial charge >= 0.3 is 0 Å². The number of thiocarbonyl (C=S) groups is 1. The fourth-order valence-corrected chi connectivity index (χ4v) is 5.91. The molecule has 216 valence electrons. The van der Waals surface area contributed by atoms with E-state index in [1.54, 1.807) is 19.4 Å². The van der Waals surface area contributed by atoms with E-state index in [1.165, 1.54) is 12.1 Å². The third-order valence-corrected chi connectivity index (χ3v) is 7.83. The number of aromatic nitrogens is 2. The molecule has 1 aliphatic heterocycles. The van der Waals surface area contributed by atoms with E-state index in [4.69, 9.17) is 17.0 Å². The molecule has 5 rings (SSSR count). The highest BCUT2D eigenvalue weighted by Gasteiger charge is 2.41. The van der Waals surface area contributed by atoms with Crippen LogP contribution in [0.5, 0.6) is 5.75 Å². The summed E-state index contributed by atoms with van der Waals surface area (Å²) in [5.74, 6) is 0.398. The largest absolute Gasteiger partial charge is 0.495 e. The first-order valence-electron chi connectivity index (χ1n) is 13.5. The molecule has 0 saturated carbocycles. The van der Waals surface area contributed by atoms with Crippen molar-refractivity contribution >= 4 is 34.6 Å². The molecule has 0 unspecified atom stereocenters. The lowest BCUT2D eigenvalue weighted by Gasteiger charge is -2.28. The van der Waals surface area contributed by atoms with Gasteiger partial charge in [-0.2, -0.15) is 0 Å². The zero-order chi connectivity index (χ0) is 30.0. The fraction of sp³-hybridized carbons (Fsp3) is 0.258. The third kappa shape index (κ3) is 5.68. The van der Waals surface area contributed by atoms with Crippen LogP contribution in [0, 0.1) is 30.9 Å². The van der Waals surface area contributed by atoms with Crippen molar-refractivity contribution < 1.29 is 14.5 Å². The molecule has 1 amide bonds. The quantitative estimate of drug-likeness (QED) is 0.146. The molecule has 2 N–H and O–H groups in total. The molecule has 2 aromatic heterocycles. The number of carbonyl (C=O) groups excluding carboxylic acids is 1. The molecule has 2 aromatic carbocycles. The van der Waals surface area contributed by atoms with Crippen LogP contribution in [-0.2, 0) is 4.79 Å². The zero-order valence-corrected chi connectivity index (χ0v) is 24.6. The molecule has 2 atom stereocenters. The molecule has 0 radical (unpaired) electrons. The Balaban J connectivity index is 1.52. The molecule has 1 aliphatic rings. The van der Waals surface area contributed by atoms with Crippen LogP contribution in [0.4, 0.5) is 11.4 Å². The van der Waals surface area contributed by atoms with Gasteiger partial charge in [-0.3, -0.25) is 19.9 Å². The predicted molar refractivity (Wildman–Crippen MR) is 165 cm³/mol. The highest BCUT2D eigenvalue weighted by atomic mass is 32.1. The highest BCUT2D eigenvalue weighted by molar-refractivity contribution is 7.80. The lowest BCUT2D eigenvalue weighted by molar-refractivity contribution is -0.384. The van der Waals surface area contributed by atoms with Gasteiger partial charge in [0.25, 0.3) is 5.69 Å². The van der Waals surface area contributed by atoms with E-state index in [2.05, 4.69) is 21.7 Å². The number of nitro benzene ring substituents is 1. The first kappa shape index (κ1) is 28.7. The first-order chi connectivity index (χ1) is 20.2. The molecule has 0 spiro atoms. The zero-order valence-electron chi connectivity index (χ0n) is 23.8. The number of pyridine rings is 1. The molecule has 11 heteroatoms. The minimum absolute atomic E-state index is 0.0313. The molecule has 1 fully saturated rings. The predicted octanol–water partition coefficient (Wildman–Crippen LogP) is 5.72. The molecule has 10 nitrogen and oxygen atoms in total. The third-order valence-electron chi connectivity index (χ3n) is 7.48. The molecular formula is C31H32N6O4S. The van der Waals surface area contributed by atoms with E-state index in [0.717, 1.165) is 33.9 Å². The fourth-order valence-electron chi connectivity index (χ4n) is 5.58. The van der Waals surface area contributed by atoms with Crippen molar-refractivity contribution in [2.24, 2.45) is 0 Å². The van der Waals surface area contributed by atoms with Gasteiger partial charge in [0, 0.05) is 48.4 Å². The molecule has 1 saturated heterocycles. The number of nitro groups is 1. The van der Waals surface area contributed by atoms with Crippen LogP contribution >= 0.6 is 12.2 Å². The number of nitrogens with zero attached hydrogens (tertiary/aromatic N) is 4. The van der Waals surface area contributed by atoms with Crippen molar-refractivity contribution in [1.82, 2.24) is 19.8 Å². The van der Waals surface area contributed by atoms with Crippen LogP contribution in [0.25, 0.3) is 5.69 Å². The van der Waals surface area contributed by atoms with E-state index in [1.807, 2.05) is 72.7 Å². The molecule has 0 bridgehead atoms. The summed E-state index contributed by atoms with van der Waals surface area (Å²) in [5, 5.41) is 18.5. The standard InChI is InChI=1S/C31H32N6O4S/c1-19-8-7-9-22(16-19)33-28(38)13-15-35-30(29(34-31(35)42)25-10-5-6-14-32-25)24-17-20(2)36(21(24)3)26-18-23(37(39)40)11-12-27(26)41-4/h5-12,14,16-18,29-30H,13,15H2,1-4H3,(H,33,38)(H,34,42)/t29-,30-/m1/s1.